The molecule has 0 bridgehead atoms. The van der Waals surface area contributed by atoms with Crippen LogP contribution in [0, 0.1) is 6.92 Å². The first-order valence-electron chi connectivity index (χ1n) is 7.53. The number of hydrogen-bond donors (Lipinski definition) is 1. The predicted molar refractivity (Wildman–Crippen MR) is 87.6 cm³/mol. The zero-order valence-electron chi connectivity index (χ0n) is 12.3. The monoisotopic (exact) mass is 303 g/mol. The summed E-state index contributed by atoms with van der Waals surface area (Å²) in [7, 11) is 0. The van der Waals surface area contributed by atoms with E-state index in [2.05, 4.69) is 22.5 Å². The average Bonchev–Trinajstić information content (AvgIpc) is 2.83. The Labute approximate surface area is 129 Å². The van der Waals surface area contributed by atoms with Gasteiger partial charge in [0, 0.05) is 17.8 Å². The van der Waals surface area contributed by atoms with Crippen molar-refractivity contribution >= 4 is 28.6 Å². The molecule has 1 aliphatic heterocycles. The molecule has 0 atom stereocenters. The summed E-state index contributed by atoms with van der Waals surface area (Å²) in [5, 5.41) is 8.86. The second kappa shape index (κ2) is 6.52. The molecule has 1 fully saturated rings. The summed E-state index contributed by atoms with van der Waals surface area (Å²) in [6.45, 7) is 2.65. The highest BCUT2D eigenvalue weighted by atomic mass is 32.2. The minimum absolute atomic E-state index is 0.143. The van der Waals surface area contributed by atoms with E-state index in [1.54, 1.807) is 0 Å². The number of nitrogens with one attached hydrogen (secondary N) is 1. The number of nitrogens with zero attached hydrogens (tertiary/aromatic N) is 2. The Bertz CT molecular complexity index is 631. The summed E-state index contributed by atoms with van der Waals surface area (Å²) in [4.78, 5) is 12.1. The lowest BCUT2D eigenvalue weighted by Crippen LogP contribution is -2.37. The summed E-state index contributed by atoms with van der Waals surface area (Å²) in [5.41, 5.74) is 2.13. The number of aromatic nitrogens is 2. The van der Waals surface area contributed by atoms with Gasteiger partial charge in [0.05, 0.1) is 17.8 Å². The molecule has 1 amide bonds. The number of para-hydroxylation sites is 1. The van der Waals surface area contributed by atoms with Gasteiger partial charge in [-0.3, -0.25) is 9.48 Å². The number of fused-ring (bicyclic) bond motifs is 1. The van der Waals surface area contributed by atoms with Gasteiger partial charge in [-0.15, -0.1) is 0 Å². The summed E-state index contributed by atoms with van der Waals surface area (Å²) in [6.07, 6.45) is 2.69. The highest BCUT2D eigenvalue weighted by Crippen LogP contribution is 2.18. The van der Waals surface area contributed by atoms with Crippen LogP contribution in [0.3, 0.4) is 0 Å². The van der Waals surface area contributed by atoms with Crippen molar-refractivity contribution in [3.8, 4) is 0 Å². The molecule has 1 N–H and O–H groups in total. The highest BCUT2D eigenvalue weighted by molar-refractivity contribution is 7.99. The molecule has 5 heteroatoms. The first kappa shape index (κ1) is 14.4. The second-order valence-electron chi connectivity index (χ2n) is 5.53. The number of rotatable bonds is 4. The van der Waals surface area contributed by atoms with E-state index in [-0.39, 0.29) is 5.91 Å². The summed E-state index contributed by atoms with van der Waals surface area (Å²) in [6, 6.07) is 8.55. The lowest BCUT2D eigenvalue weighted by molar-refractivity contribution is -0.122. The number of carbonyl (C=O) groups excluding carboxylic acids is 1. The Hall–Kier alpha value is -1.49. The van der Waals surface area contributed by atoms with E-state index in [1.807, 2.05) is 35.5 Å². The van der Waals surface area contributed by atoms with Gasteiger partial charge in [0.15, 0.2) is 0 Å². The average molecular weight is 303 g/mol. The second-order valence-corrected chi connectivity index (χ2v) is 6.75. The molecule has 0 saturated carbocycles. The Balaban J connectivity index is 1.59. The fourth-order valence-electron chi connectivity index (χ4n) is 2.81. The topological polar surface area (TPSA) is 46.9 Å². The summed E-state index contributed by atoms with van der Waals surface area (Å²) in [5.74, 6) is 2.46. The van der Waals surface area contributed by atoms with Crippen LogP contribution >= 0.6 is 11.8 Å². The Morgan fingerprint density at radius 2 is 2.14 bits per heavy atom. The van der Waals surface area contributed by atoms with Gasteiger partial charge in [0.2, 0.25) is 5.91 Å². The number of aryl methyl sites for hydroxylation is 2. The third-order valence-electron chi connectivity index (χ3n) is 3.98. The van der Waals surface area contributed by atoms with Gasteiger partial charge < -0.3 is 5.32 Å². The van der Waals surface area contributed by atoms with Crippen molar-refractivity contribution in [2.45, 2.75) is 38.8 Å². The fourth-order valence-corrected chi connectivity index (χ4v) is 3.92. The maximum atomic E-state index is 12.1. The van der Waals surface area contributed by atoms with Gasteiger partial charge in [-0.2, -0.15) is 16.9 Å². The molecule has 2 aromatic rings. The van der Waals surface area contributed by atoms with E-state index in [0.29, 0.717) is 19.0 Å². The van der Waals surface area contributed by atoms with Crippen molar-refractivity contribution in [1.82, 2.24) is 15.1 Å². The smallest absolute Gasteiger partial charge is 0.222 e. The van der Waals surface area contributed by atoms with Gasteiger partial charge in [-0.1, -0.05) is 18.2 Å². The van der Waals surface area contributed by atoms with Crippen LogP contribution in [0.5, 0.6) is 0 Å². The third-order valence-corrected chi connectivity index (χ3v) is 5.03. The van der Waals surface area contributed by atoms with Crippen LogP contribution in [0.1, 0.15) is 25.0 Å². The van der Waals surface area contributed by atoms with Gasteiger partial charge in [0.1, 0.15) is 0 Å². The van der Waals surface area contributed by atoms with E-state index >= 15 is 0 Å². The molecule has 0 unspecified atom stereocenters. The Morgan fingerprint density at radius 3 is 2.95 bits per heavy atom. The van der Waals surface area contributed by atoms with E-state index in [1.165, 1.54) is 5.39 Å². The van der Waals surface area contributed by atoms with Crippen LogP contribution in [0.25, 0.3) is 10.9 Å². The third kappa shape index (κ3) is 3.40. The molecule has 1 aromatic carbocycles. The minimum Gasteiger partial charge on any atom is -0.353 e. The normalized spacial score (nSPS) is 16.2. The van der Waals surface area contributed by atoms with Gasteiger partial charge in [-0.05, 0) is 37.3 Å². The molecule has 0 aliphatic carbocycles. The first-order valence-corrected chi connectivity index (χ1v) is 8.69. The van der Waals surface area contributed by atoms with Crippen molar-refractivity contribution in [3.63, 3.8) is 0 Å². The molecule has 0 spiro atoms. The number of benzene rings is 1. The zero-order valence-corrected chi connectivity index (χ0v) is 13.2. The molecule has 1 aromatic heterocycles. The molecule has 4 nitrogen and oxygen atoms in total. The van der Waals surface area contributed by atoms with Crippen LogP contribution in [-0.2, 0) is 11.3 Å². The largest absolute Gasteiger partial charge is 0.353 e. The van der Waals surface area contributed by atoms with Crippen LogP contribution in [0.15, 0.2) is 24.3 Å². The van der Waals surface area contributed by atoms with E-state index in [4.69, 9.17) is 0 Å². The minimum atomic E-state index is 0.143. The molecular formula is C16H21N3OS. The summed E-state index contributed by atoms with van der Waals surface area (Å²) >= 11 is 1.97. The molecule has 1 saturated heterocycles. The molecular weight excluding hydrogens is 282 g/mol. The zero-order chi connectivity index (χ0) is 14.7. The predicted octanol–water partition coefficient (Wildman–Crippen LogP) is 2.75. The van der Waals surface area contributed by atoms with E-state index in [9.17, 15) is 4.79 Å². The molecule has 21 heavy (non-hydrogen) atoms. The first-order chi connectivity index (χ1) is 10.2. The van der Waals surface area contributed by atoms with Crippen LogP contribution < -0.4 is 5.32 Å². The van der Waals surface area contributed by atoms with E-state index in [0.717, 1.165) is 35.6 Å². The molecule has 1 aliphatic rings. The van der Waals surface area contributed by atoms with Gasteiger partial charge in [0.25, 0.3) is 0 Å². The quantitative estimate of drug-likeness (QED) is 0.945. The lowest BCUT2D eigenvalue weighted by Gasteiger charge is -2.22. The number of hydrogen-bond acceptors (Lipinski definition) is 3. The molecule has 2 heterocycles. The fraction of sp³-hybridized carbons (Fsp3) is 0.500. The lowest BCUT2D eigenvalue weighted by atomic mass is 10.1. The SMILES string of the molecule is Cc1nn(CCC(=O)NC2CCSCC2)c2ccccc12. The van der Waals surface area contributed by atoms with Crippen molar-refractivity contribution in [2.75, 3.05) is 11.5 Å². The summed E-state index contributed by atoms with van der Waals surface area (Å²) < 4.78 is 1.95. The van der Waals surface area contributed by atoms with E-state index < -0.39 is 0 Å². The van der Waals surface area contributed by atoms with Crippen LogP contribution in [0.4, 0.5) is 0 Å². The number of amides is 1. The van der Waals surface area contributed by atoms with Crippen LogP contribution in [0.2, 0.25) is 0 Å². The van der Waals surface area contributed by atoms with Crippen molar-refractivity contribution in [2.24, 2.45) is 0 Å². The van der Waals surface area contributed by atoms with Gasteiger partial charge >= 0.3 is 0 Å². The number of carbonyl (C=O) groups is 1. The Morgan fingerprint density at radius 1 is 1.38 bits per heavy atom. The molecule has 3 rings (SSSR count). The maximum Gasteiger partial charge on any atom is 0.222 e. The number of thioether (sulfide) groups is 1. The molecule has 0 radical (unpaired) electrons. The van der Waals surface area contributed by atoms with Gasteiger partial charge in [-0.25, -0.2) is 0 Å². The maximum absolute atomic E-state index is 12.1. The van der Waals surface area contributed by atoms with Crippen molar-refractivity contribution in [1.29, 1.82) is 0 Å². The highest BCUT2D eigenvalue weighted by Gasteiger charge is 2.16. The standard InChI is InChI=1S/C16H21N3OS/c1-12-14-4-2-3-5-15(14)19(18-12)9-6-16(20)17-13-7-10-21-11-8-13/h2-5,13H,6-11H2,1H3,(H,17,20). The van der Waals surface area contributed by atoms with Crippen molar-refractivity contribution < 1.29 is 4.79 Å². The van der Waals surface area contributed by atoms with Crippen LogP contribution in [-0.4, -0.2) is 33.2 Å². The molecule has 112 valence electrons. The van der Waals surface area contributed by atoms with Crippen molar-refractivity contribution in [3.05, 3.63) is 30.0 Å². The Kier molecular flexibility index (Phi) is 4.48.